The number of carbonyl (C=O) groups excluding carboxylic acids is 3. The Morgan fingerprint density at radius 3 is 2.58 bits per heavy atom. The van der Waals surface area contributed by atoms with Gasteiger partial charge in [-0.15, -0.1) is 0 Å². The molecule has 5 rings (SSSR count). The Bertz CT molecular complexity index is 970. The molecule has 3 heterocycles. The molecule has 0 spiro atoms. The van der Waals surface area contributed by atoms with E-state index in [9.17, 15) is 14.4 Å². The third-order valence-corrected chi connectivity index (χ3v) is 8.41. The SMILES string of the molecule is O=CN1CCN(C(=O)C[C@@H]2CCN3C[C@@H]2C=CCOc2ccccc2CN(C2CCC2)CC3=O)CC1. The summed E-state index contributed by atoms with van der Waals surface area (Å²) in [6.45, 7) is 5.37. The fourth-order valence-corrected chi connectivity index (χ4v) is 5.86. The highest BCUT2D eigenvalue weighted by atomic mass is 16.5. The molecule has 2 atom stereocenters. The molecule has 1 aliphatic carbocycles. The molecule has 2 saturated heterocycles. The van der Waals surface area contributed by atoms with Crippen LogP contribution in [-0.4, -0.2) is 96.3 Å². The lowest BCUT2D eigenvalue weighted by molar-refractivity contribution is -0.138. The van der Waals surface area contributed by atoms with Gasteiger partial charge in [-0.05, 0) is 37.2 Å². The maximum absolute atomic E-state index is 13.4. The zero-order valence-corrected chi connectivity index (χ0v) is 21.1. The summed E-state index contributed by atoms with van der Waals surface area (Å²) < 4.78 is 6.16. The van der Waals surface area contributed by atoms with E-state index in [2.05, 4.69) is 23.1 Å². The molecule has 0 unspecified atom stereocenters. The minimum absolute atomic E-state index is 0.125. The van der Waals surface area contributed by atoms with Crippen molar-refractivity contribution in [3.63, 3.8) is 0 Å². The molecule has 4 aliphatic rings. The smallest absolute Gasteiger partial charge is 0.236 e. The van der Waals surface area contributed by atoms with Crippen molar-refractivity contribution in [1.82, 2.24) is 19.6 Å². The van der Waals surface area contributed by atoms with E-state index < -0.39 is 0 Å². The van der Waals surface area contributed by atoms with Gasteiger partial charge in [-0.1, -0.05) is 36.8 Å². The largest absolute Gasteiger partial charge is 0.489 e. The van der Waals surface area contributed by atoms with E-state index in [1.807, 2.05) is 28.0 Å². The Kier molecular flexibility index (Phi) is 7.90. The van der Waals surface area contributed by atoms with Crippen LogP contribution >= 0.6 is 0 Å². The lowest BCUT2D eigenvalue weighted by Crippen LogP contribution is -2.51. The fraction of sp³-hybridized carbons (Fsp3) is 0.607. The summed E-state index contributed by atoms with van der Waals surface area (Å²) in [4.78, 5) is 45.5. The van der Waals surface area contributed by atoms with Gasteiger partial charge < -0.3 is 19.4 Å². The Balaban J connectivity index is 1.30. The highest BCUT2D eigenvalue weighted by molar-refractivity contribution is 5.79. The second-order valence-electron chi connectivity index (χ2n) is 10.6. The van der Waals surface area contributed by atoms with Gasteiger partial charge in [0.1, 0.15) is 12.4 Å². The van der Waals surface area contributed by atoms with Crippen LogP contribution in [0, 0.1) is 11.8 Å². The van der Waals surface area contributed by atoms with Crippen LogP contribution in [0.2, 0.25) is 0 Å². The van der Waals surface area contributed by atoms with E-state index in [0.717, 1.165) is 43.5 Å². The van der Waals surface area contributed by atoms with Gasteiger partial charge in [0.2, 0.25) is 18.2 Å². The summed E-state index contributed by atoms with van der Waals surface area (Å²) in [6, 6.07) is 8.60. The highest BCUT2D eigenvalue weighted by Crippen LogP contribution is 2.32. The molecule has 1 saturated carbocycles. The second kappa shape index (κ2) is 11.5. The van der Waals surface area contributed by atoms with Gasteiger partial charge in [0.05, 0.1) is 6.54 Å². The molecule has 0 aromatic heterocycles. The van der Waals surface area contributed by atoms with E-state index in [-0.39, 0.29) is 23.7 Å². The third kappa shape index (κ3) is 5.75. The van der Waals surface area contributed by atoms with Crippen LogP contribution in [0.1, 0.15) is 37.7 Å². The summed E-state index contributed by atoms with van der Waals surface area (Å²) in [5.74, 6) is 1.54. The van der Waals surface area contributed by atoms with Crippen LogP contribution in [-0.2, 0) is 20.9 Å². The first-order valence-electron chi connectivity index (χ1n) is 13.5. The molecular formula is C28H38N4O4. The average molecular weight is 495 g/mol. The number of para-hydroxylation sites is 1. The maximum Gasteiger partial charge on any atom is 0.236 e. The van der Waals surface area contributed by atoms with Crippen molar-refractivity contribution in [2.75, 3.05) is 52.4 Å². The minimum atomic E-state index is 0.125. The summed E-state index contributed by atoms with van der Waals surface area (Å²) in [5.41, 5.74) is 1.13. The zero-order chi connectivity index (χ0) is 24.9. The molecule has 1 aromatic rings. The maximum atomic E-state index is 13.4. The molecule has 194 valence electrons. The van der Waals surface area contributed by atoms with Crippen molar-refractivity contribution < 1.29 is 19.1 Å². The predicted molar refractivity (Wildman–Crippen MR) is 136 cm³/mol. The minimum Gasteiger partial charge on any atom is -0.489 e. The Morgan fingerprint density at radius 2 is 1.83 bits per heavy atom. The summed E-state index contributed by atoms with van der Waals surface area (Å²) in [6.07, 6.45) is 9.89. The molecule has 8 nitrogen and oxygen atoms in total. The first-order chi connectivity index (χ1) is 17.6. The molecule has 0 N–H and O–H groups in total. The first-order valence-corrected chi connectivity index (χ1v) is 13.5. The average Bonchev–Trinajstić information content (AvgIpc) is 2.87. The van der Waals surface area contributed by atoms with Crippen molar-refractivity contribution in [2.45, 2.75) is 44.7 Å². The fourth-order valence-electron chi connectivity index (χ4n) is 5.86. The molecule has 0 radical (unpaired) electrons. The van der Waals surface area contributed by atoms with Crippen molar-refractivity contribution in [1.29, 1.82) is 0 Å². The summed E-state index contributed by atoms with van der Waals surface area (Å²) in [5, 5.41) is 0. The van der Waals surface area contributed by atoms with Crippen molar-refractivity contribution in [3.05, 3.63) is 42.0 Å². The topological polar surface area (TPSA) is 73.4 Å². The molecule has 2 bridgehead atoms. The number of benzene rings is 1. The number of hydrogen-bond acceptors (Lipinski definition) is 5. The lowest BCUT2D eigenvalue weighted by atomic mass is 9.82. The number of hydrogen-bond donors (Lipinski definition) is 0. The molecule has 1 aromatic carbocycles. The van der Waals surface area contributed by atoms with Crippen molar-refractivity contribution in [2.24, 2.45) is 11.8 Å². The number of fused-ring (bicyclic) bond motifs is 3. The van der Waals surface area contributed by atoms with E-state index in [1.54, 1.807) is 4.90 Å². The molecule has 3 aliphatic heterocycles. The predicted octanol–water partition coefficient (Wildman–Crippen LogP) is 2.15. The van der Waals surface area contributed by atoms with Crippen LogP contribution in [0.15, 0.2) is 36.4 Å². The van der Waals surface area contributed by atoms with Gasteiger partial charge in [0, 0.05) is 63.8 Å². The van der Waals surface area contributed by atoms with Crippen LogP contribution < -0.4 is 4.74 Å². The van der Waals surface area contributed by atoms with Crippen molar-refractivity contribution in [3.8, 4) is 5.75 Å². The van der Waals surface area contributed by atoms with Crippen LogP contribution in [0.3, 0.4) is 0 Å². The highest BCUT2D eigenvalue weighted by Gasteiger charge is 2.35. The van der Waals surface area contributed by atoms with Gasteiger partial charge in [0.25, 0.3) is 0 Å². The molecule has 8 heteroatoms. The number of carbonyl (C=O) groups is 3. The number of ether oxygens (including phenoxy) is 1. The molecule has 3 amide bonds. The number of nitrogens with zero attached hydrogens (tertiary/aromatic N) is 4. The normalized spacial score (nSPS) is 26.1. The van der Waals surface area contributed by atoms with E-state index in [4.69, 9.17) is 4.74 Å². The quantitative estimate of drug-likeness (QED) is 0.474. The van der Waals surface area contributed by atoms with E-state index >= 15 is 0 Å². The number of amides is 3. The Hall–Kier alpha value is -2.87. The number of piperidine rings is 1. The Morgan fingerprint density at radius 1 is 1.03 bits per heavy atom. The molecule has 36 heavy (non-hydrogen) atoms. The summed E-state index contributed by atoms with van der Waals surface area (Å²) >= 11 is 0. The Labute approximate surface area is 213 Å². The molecular weight excluding hydrogens is 456 g/mol. The first kappa shape index (κ1) is 24.8. The van der Waals surface area contributed by atoms with Crippen LogP contribution in [0.25, 0.3) is 0 Å². The standard InChI is InChI=1S/C28H38N4O4/c33-21-29-12-14-30(15-13-29)27(34)17-22-10-11-31-18-23(22)6-4-16-36-26-9-2-1-5-24(26)19-32(20-28(31)35)25-7-3-8-25/h1-2,4-6,9,21-23,25H,3,7-8,10-20H2/t22-,23-/m0/s1. The summed E-state index contributed by atoms with van der Waals surface area (Å²) in [7, 11) is 0. The van der Waals surface area contributed by atoms with Crippen LogP contribution in [0.4, 0.5) is 0 Å². The monoisotopic (exact) mass is 494 g/mol. The second-order valence-corrected chi connectivity index (χ2v) is 10.6. The lowest BCUT2D eigenvalue weighted by Gasteiger charge is -2.41. The third-order valence-electron chi connectivity index (χ3n) is 8.41. The van der Waals surface area contributed by atoms with Gasteiger partial charge in [-0.2, -0.15) is 0 Å². The van der Waals surface area contributed by atoms with E-state index in [0.29, 0.717) is 64.9 Å². The van der Waals surface area contributed by atoms with Gasteiger partial charge in [-0.3, -0.25) is 19.3 Å². The molecule has 3 fully saturated rings. The van der Waals surface area contributed by atoms with Crippen LogP contribution in [0.5, 0.6) is 5.75 Å². The van der Waals surface area contributed by atoms with Gasteiger partial charge in [0.15, 0.2) is 0 Å². The van der Waals surface area contributed by atoms with Crippen molar-refractivity contribution >= 4 is 18.2 Å². The number of rotatable bonds is 4. The van der Waals surface area contributed by atoms with E-state index in [1.165, 1.54) is 6.42 Å². The number of piperazine rings is 1. The van der Waals surface area contributed by atoms with Gasteiger partial charge >= 0.3 is 0 Å². The zero-order valence-electron chi connectivity index (χ0n) is 21.1. The van der Waals surface area contributed by atoms with Gasteiger partial charge in [-0.25, -0.2) is 0 Å².